The number of benzene rings is 1. The average molecular weight is 315 g/mol. The van der Waals surface area contributed by atoms with Gasteiger partial charge in [-0.3, -0.25) is 0 Å². The first-order valence-corrected chi connectivity index (χ1v) is 7.18. The lowest BCUT2D eigenvalue weighted by atomic mass is 10.1. The van der Waals surface area contributed by atoms with Crippen LogP contribution in [0.3, 0.4) is 0 Å². The third kappa shape index (κ3) is 6.50. The van der Waals surface area contributed by atoms with Crippen LogP contribution in [-0.2, 0) is 11.3 Å². The maximum absolute atomic E-state index is 4.97. The van der Waals surface area contributed by atoms with Gasteiger partial charge in [-0.1, -0.05) is 22.0 Å². The van der Waals surface area contributed by atoms with E-state index in [0.717, 1.165) is 43.7 Å². The van der Waals surface area contributed by atoms with Gasteiger partial charge in [0.1, 0.15) is 0 Å². The Morgan fingerprint density at radius 1 is 1.17 bits per heavy atom. The third-order valence-electron chi connectivity index (χ3n) is 2.81. The number of ether oxygens (including phenoxy) is 1. The smallest absolute Gasteiger partial charge is 0.0587 e. The van der Waals surface area contributed by atoms with Crippen molar-refractivity contribution in [3.05, 3.63) is 33.8 Å². The minimum absolute atomic E-state index is 0.783. The van der Waals surface area contributed by atoms with Crippen LogP contribution in [0.25, 0.3) is 0 Å². The molecular formula is C14H23BrN2O. The highest BCUT2D eigenvalue weighted by atomic mass is 79.9. The molecule has 0 bridgehead atoms. The van der Waals surface area contributed by atoms with Gasteiger partial charge < -0.3 is 15.4 Å². The summed E-state index contributed by atoms with van der Waals surface area (Å²) in [5.41, 5.74) is 2.70. The Bertz CT molecular complexity index is 345. The van der Waals surface area contributed by atoms with Crippen molar-refractivity contribution in [1.82, 2.24) is 10.6 Å². The number of hydrogen-bond donors (Lipinski definition) is 2. The summed E-state index contributed by atoms with van der Waals surface area (Å²) in [6.07, 6.45) is 1.14. The van der Waals surface area contributed by atoms with Gasteiger partial charge >= 0.3 is 0 Å². The van der Waals surface area contributed by atoms with Crippen LogP contribution in [0.4, 0.5) is 0 Å². The largest absolute Gasteiger partial charge is 0.383 e. The van der Waals surface area contributed by atoms with Gasteiger partial charge in [-0.05, 0) is 49.7 Å². The molecule has 0 radical (unpaired) electrons. The number of aryl methyl sites for hydroxylation is 1. The molecular weight excluding hydrogens is 292 g/mol. The summed E-state index contributed by atoms with van der Waals surface area (Å²) in [6, 6.07) is 6.42. The fraction of sp³-hybridized carbons (Fsp3) is 0.571. The zero-order valence-corrected chi connectivity index (χ0v) is 12.8. The van der Waals surface area contributed by atoms with Gasteiger partial charge in [-0.25, -0.2) is 0 Å². The van der Waals surface area contributed by atoms with Crippen molar-refractivity contribution < 1.29 is 4.74 Å². The van der Waals surface area contributed by atoms with Crippen molar-refractivity contribution in [1.29, 1.82) is 0 Å². The maximum Gasteiger partial charge on any atom is 0.0587 e. The normalized spacial score (nSPS) is 10.8. The number of halogens is 1. The summed E-state index contributed by atoms with van der Waals surface area (Å²) < 4.78 is 6.11. The van der Waals surface area contributed by atoms with Crippen LogP contribution >= 0.6 is 15.9 Å². The Balaban J connectivity index is 2.07. The molecule has 0 aliphatic rings. The minimum atomic E-state index is 0.783. The fourth-order valence-corrected chi connectivity index (χ4v) is 2.19. The van der Waals surface area contributed by atoms with E-state index in [1.165, 1.54) is 11.1 Å². The summed E-state index contributed by atoms with van der Waals surface area (Å²) in [6.45, 7) is 6.88. The van der Waals surface area contributed by atoms with Crippen molar-refractivity contribution in [2.24, 2.45) is 0 Å². The van der Waals surface area contributed by atoms with Crippen LogP contribution in [0.2, 0.25) is 0 Å². The van der Waals surface area contributed by atoms with E-state index in [2.05, 4.69) is 51.7 Å². The first-order chi connectivity index (χ1) is 8.74. The average Bonchev–Trinajstić information content (AvgIpc) is 2.35. The van der Waals surface area contributed by atoms with Gasteiger partial charge in [0, 0.05) is 24.7 Å². The fourth-order valence-electron chi connectivity index (χ4n) is 1.72. The van der Waals surface area contributed by atoms with Crippen LogP contribution in [0.5, 0.6) is 0 Å². The van der Waals surface area contributed by atoms with Gasteiger partial charge in [0.2, 0.25) is 0 Å². The van der Waals surface area contributed by atoms with E-state index in [4.69, 9.17) is 4.74 Å². The minimum Gasteiger partial charge on any atom is -0.383 e. The van der Waals surface area contributed by atoms with Gasteiger partial charge in [0.15, 0.2) is 0 Å². The Morgan fingerprint density at radius 2 is 1.94 bits per heavy atom. The van der Waals surface area contributed by atoms with E-state index in [0.29, 0.717) is 0 Å². The Morgan fingerprint density at radius 3 is 2.67 bits per heavy atom. The van der Waals surface area contributed by atoms with Crippen LogP contribution in [-0.4, -0.2) is 33.4 Å². The molecule has 0 amide bonds. The molecule has 0 aliphatic heterocycles. The molecule has 1 aromatic carbocycles. The molecule has 0 unspecified atom stereocenters. The highest BCUT2D eigenvalue weighted by Crippen LogP contribution is 2.15. The molecule has 0 saturated heterocycles. The standard InChI is InChI=1S/C14H23BrN2O/c1-12-10-14(15)5-4-13(12)11-17-7-3-6-16-8-9-18-2/h4-5,10,16-17H,3,6-9,11H2,1-2H3. The first-order valence-electron chi connectivity index (χ1n) is 6.39. The van der Waals surface area contributed by atoms with E-state index < -0.39 is 0 Å². The van der Waals surface area contributed by atoms with Crippen LogP contribution < -0.4 is 10.6 Å². The van der Waals surface area contributed by atoms with Crippen molar-refractivity contribution in [2.75, 3.05) is 33.4 Å². The molecule has 0 heterocycles. The Kier molecular flexibility index (Phi) is 8.25. The Hall–Kier alpha value is -0.420. The molecule has 1 rings (SSSR count). The summed E-state index contributed by atoms with van der Waals surface area (Å²) in [4.78, 5) is 0. The predicted octanol–water partition coefficient (Wildman–Crippen LogP) is 2.47. The SMILES string of the molecule is COCCNCCCNCc1ccc(Br)cc1C. The lowest BCUT2D eigenvalue weighted by molar-refractivity contribution is 0.199. The molecule has 0 fully saturated rings. The van der Waals surface area contributed by atoms with E-state index >= 15 is 0 Å². The second-order valence-corrected chi connectivity index (χ2v) is 5.26. The summed E-state index contributed by atoms with van der Waals surface area (Å²) >= 11 is 3.48. The van der Waals surface area contributed by atoms with Crippen molar-refractivity contribution in [3.63, 3.8) is 0 Å². The quantitative estimate of drug-likeness (QED) is 0.687. The zero-order valence-electron chi connectivity index (χ0n) is 11.3. The van der Waals surface area contributed by atoms with Crippen LogP contribution in [0.15, 0.2) is 22.7 Å². The molecule has 3 nitrogen and oxygen atoms in total. The van der Waals surface area contributed by atoms with E-state index in [1.54, 1.807) is 7.11 Å². The van der Waals surface area contributed by atoms with Gasteiger partial charge in [0.05, 0.1) is 6.61 Å². The van der Waals surface area contributed by atoms with Gasteiger partial charge in [-0.2, -0.15) is 0 Å². The molecule has 1 aromatic rings. The lowest BCUT2D eigenvalue weighted by Gasteiger charge is -2.08. The molecule has 0 atom stereocenters. The van der Waals surface area contributed by atoms with E-state index in [-0.39, 0.29) is 0 Å². The second kappa shape index (κ2) is 9.50. The Labute approximate surface area is 118 Å². The highest BCUT2D eigenvalue weighted by molar-refractivity contribution is 9.10. The predicted molar refractivity (Wildman–Crippen MR) is 79.9 cm³/mol. The van der Waals surface area contributed by atoms with E-state index in [1.807, 2.05) is 0 Å². The summed E-state index contributed by atoms with van der Waals surface area (Å²) in [5.74, 6) is 0. The monoisotopic (exact) mass is 314 g/mol. The molecule has 0 aromatic heterocycles. The third-order valence-corrected chi connectivity index (χ3v) is 3.30. The molecule has 0 aliphatic carbocycles. The number of methoxy groups -OCH3 is 1. The molecule has 4 heteroatoms. The topological polar surface area (TPSA) is 33.3 Å². The van der Waals surface area contributed by atoms with Crippen LogP contribution in [0, 0.1) is 6.92 Å². The maximum atomic E-state index is 4.97. The van der Waals surface area contributed by atoms with Gasteiger partial charge in [0.25, 0.3) is 0 Å². The molecule has 0 spiro atoms. The number of rotatable bonds is 9. The highest BCUT2D eigenvalue weighted by Gasteiger charge is 1.98. The van der Waals surface area contributed by atoms with Crippen molar-refractivity contribution in [2.45, 2.75) is 19.9 Å². The summed E-state index contributed by atoms with van der Waals surface area (Å²) in [7, 11) is 1.73. The van der Waals surface area contributed by atoms with Crippen LogP contribution in [0.1, 0.15) is 17.5 Å². The van der Waals surface area contributed by atoms with Crippen molar-refractivity contribution >= 4 is 15.9 Å². The van der Waals surface area contributed by atoms with E-state index in [9.17, 15) is 0 Å². The molecule has 0 saturated carbocycles. The molecule has 18 heavy (non-hydrogen) atoms. The first kappa shape index (κ1) is 15.6. The van der Waals surface area contributed by atoms with Crippen molar-refractivity contribution in [3.8, 4) is 0 Å². The molecule has 2 N–H and O–H groups in total. The number of hydrogen-bond acceptors (Lipinski definition) is 3. The molecule has 102 valence electrons. The number of nitrogens with one attached hydrogen (secondary N) is 2. The van der Waals surface area contributed by atoms with Gasteiger partial charge in [-0.15, -0.1) is 0 Å². The summed E-state index contributed by atoms with van der Waals surface area (Å²) in [5, 5.41) is 6.80. The second-order valence-electron chi connectivity index (χ2n) is 4.34. The lowest BCUT2D eigenvalue weighted by Crippen LogP contribution is -2.24. The zero-order chi connectivity index (χ0) is 13.2.